The first kappa shape index (κ1) is 28.8. The molecule has 51 heavy (non-hydrogen) atoms. The second-order valence-corrected chi connectivity index (χ2v) is 18.9. The van der Waals surface area contributed by atoms with E-state index < -0.39 is 8.07 Å². The Kier molecular flexibility index (Phi) is 5.92. The fourth-order valence-electron chi connectivity index (χ4n) is 9.35. The van der Waals surface area contributed by atoms with Crippen molar-refractivity contribution in [2.45, 2.75) is 13.1 Å². The normalized spacial score (nSPS) is 14.5. The Hall–Kier alpha value is -6.04. The summed E-state index contributed by atoms with van der Waals surface area (Å²) in [5.74, 6) is 0. The molecule has 0 aliphatic carbocycles. The summed E-state index contributed by atoms with van der Waals surface area (Å²) in [5, 5.41) is 4.26. The molecule has 0 N–H and O–H groups in total. The van der Waals surface area contributed by atoms with Crippen molar-refractivity contribution in [2.75, 3.05) is 9.80 Å². The molecule has 0 bridgehead atoms. The summed E-state index contributed by atoms with van der Waals surface area (Å²) in [6.07, 6.45) is 0. The van der Waals surface area contributed by atoms with E-state index in [1.54, 1.807) is 0 Å². The second kappa shape index (κ2) is 10.5. The lowest BCUT2D eigenvalue weighted by atomic mass is 9.35. The third-order valence-electron chi connectivity index (χ3n) is 11.5. The van der Waals surface area contributed by atoms with Gasteiger partial charge >= 0.3 is 0 Å². The topological polar surface area (TPSA) is 11.4 Å². The molecule has 0 radical (unpaired) electrons. The minimum Gasteiger partial charge on any atom is -0.319 e. The largest absolute Gasteiger partial charge is 0.319 e. The number of fused-ring (bicyclic) bond motifs is 8. The van der Waals surface area contributed by atoms with Crippen LogP contribution in [0.1, 0.15) is 0 Å². The van der Waals surface area contributed by atoms with Crippen molar-refractivity contribution in [3.63, 3.8) is 0 Å². The van der Waals surface area contributed by atoms with Crippen LogP contribution in [-0.2, 0) is 0 Å². The highest BCUT2D eigenvalue weighted by molar-refractivity contribution is 7.05. The van der Waals surface area contributed by atoms with Gasteiger partial charge in [0, 0.05) is 45.1 Å². The van der Waals surface area contributed by atoms with Crippen LogP contribution >= 0.6 is 0 Å². The van der Waals surface area contributed by atoms with E-state index in [0.29, 0.717) is 0 Å². The number of anilines is 6. The third-order valence-corrected chi connectivity index (χ3v) is 15.1. The van der Waals surface area contributed by atoms with Crippen molar-refractivity contribution in [3.05, 3.63) is 170 Å². The Labute approximate surface area is 299 Å². The molecule has 11 rings (SSSR count). The summed E-state index contributed by atoms with van der Waals surface area (Å²) < 4.78 is 2.56. The van der Waals surface area contributed by atoms with Crippen LogP contribution in [0.25, 0.3) is 27.7 Å². The van der Waals surface area contributed by atoms with Gasteiger partial charge in [0.2, 0.25) is 0 Å². The molecule has 7 aromatic carbocycles. The molecule has 0 saturated heterocycles. The van der Waals surface area contributed by atoms with Gasteiger partial charge in [0.15, 0.2) is 0 Å². The highest BCUT2D eigenvalue weighted by Gasteiger charge is 2.50. The highest BCUT2D eigenvalue weighted by atomic mass is 28.3. The minimum absolute atomic E-state index is 0.0280. The van der Waals surface area contributed by atoms with Crippen LogP contribution in [0.5, 0.6) is 0 Å². The lowest BCUT2D eigenvalue weighted by Gasteiger charge is -2.48. The van der Waals surface area contributed by atoms with E-state index in [0.717, 1.165) is 5.69 Å². The number of para-hydroxylation sites is 4. The predicted octanol–water partition coefficient (Wildman–Crippen LogP) is 8.52. The molecular weight excluding hydrogens is 633 g/mol. The molecule has 0 amide bonds. The van der Waals surface area contributed by atoms with Crippen LogP contribution in [0.2, 0.25) is 13.1 Å². The van der Waals surface area contributed by atoms with Gasteiger partial charge in [-0.3, -0.25) is 0 Å². The molecule has 0 atom stereocenters. The molecule has 0 spiro atoms. The van der Waals surface area contributed by atoms with Crippen LogP contribution < -0.4 is 36.7 Å². The molecule has 240 valence electrons. The van der Waals surface area contributed by atoms with Crippen LogP contribution in [-0.4, -0.2) is 19.4 Å². The number of hydrogen-bond donors (Lipinski definition) is 0. The Morgan fingerprint density at radius 1 is 0.471 bits per heavy atom. The van der Waals surface area contributed by atoms with Gasteiger partial charge in [-0.05, 0) is 87.0 Å². The van der Waals surface area contributed by atoms with Gasteiger partial charge in [-0.1, -0.05) is 128 Å². The smallest absolute Gasteiger partial charge is 0.273 e. The quantitative estimate of drug-likeness (QED) is 0.175. The maximum Gasteiger partial charge on any atom is 0.273 e. The Morgan fingerprint density at radius 2 is 1.08 bits per heavy atom. The highest BCUT2D eigenvalue weighted by Crippen LogP contribution is 2.48. The summed E-state index contributed by atoms with van der Waals surface area (Å²) in [5.41, 5.74) is 16.5. The van der Waals surface area contributed by atoms with E-state index >= 15 is 0 Å². The summed E-state index contributed by atoms with van der Waals surface area (Å²) in [4.78, 5) is 5.15. The first-order chi connectivity index (χ1) is 25.1. The molecule has 0 saturated carbocycles. The molecule has 0 unspecified atom stereocenters. The predicted molar refractivity (Wildman–Crippen MR) is 219 cm³/mol. The van der Waals surface area contributed by atoms with Crippen molar-refractivity contribution in [2.24, 2.45) is 0 Å². The van der Waals surface area contributed by atoms with E-state index in [1.807, 2.05) is 0 Å². The van der Waals surface area contributed by atoms with Gasteiger partial charge < -0.3 is 14.4 Å². The molecule has 0 fully saturated rings. The van der Waals surface area contributed by atoms with Crippen LogP contribution in [0.15, 0.2) is 170 Å². The fraction of sp³-hybridized carbons (Fsp3) is 0.0435. The Morgan fingerprint density at radius 3 is 1.84 bits per heavy atom. The second-order valence-electron chi connectivity index (χ2n) is 14.5. The van der Waals surface area contributed by atoms with Gasteiger partial charge in [0.05, 0.1) is 11.2 Å². The maximum absolute atomic E-state index is 2.60. The zero-order valence-electron chi connectivity index (χ0n) is 28.6. The SMILES string of the molecule is C[Si]1(C)c2ccccc2N2c3cccc4c3B(c3cccc1c32)c1c(c2cc(-c3ccccc3)ccc2n1-c1ccccc1)N4c1ccccc1. The van der Waals surface area contributed by atoms with E-state index in [9.17, 15) is 0 Å². The average molecular weight is 668 g/mol. The summed E-state index contributed by atoms with van der Waals surface area (Å²) >= 11 is 0. The van der Waals surface area contributed by atoms with E-state index in [1.165, 1.54) is 83.0 Å². The van der Waals surface area contributed by atoms with Crippen molar-refractivity contribution in [1.82, 2.24) is 4.57 Å². The van der Waals surface area contributed by atoms with E-state index in [-0.39, 0.29) is 6.71 Å². The minimum atomic E-state index is -2.02. The monoisotopic (exact) mass is 667 g/mol. The molecule has 3 aliphatic heterocycles. The first-order valence-corrected chi connectivity index (χ1v) is 20.9. The number of nitrogens with zero attached hydrogens (tertiary/aromatic N) is 3. The number of aromatic nitrogens is 1. The van der Waals surface area contributed by atoms with Gasteiger partial charge in [-0.2, -0.15) is 0 Å². The van der Waals surface area contributed by atoms with Crippen molar-refractivity contribution in [3.8, 4) is 16.8 Å². The van der Waals surface area contributed by atoms with Gasteiger partial charge in [-0.25, -0.2) is 0 Å². The van der Waals surface area contributed by atoms with Crippen LogP contribution in [0, 0.1) is 0 Å². The maximum atomic E-state index is 2.60. The summed E-state index contributed by atoms with van der Waals surface area (Å²) in [7, 11) is -2.02. The molecule has 8 aromatic rings. The molecule has 1 aromatic heterocycles. The van der Waals surface area contributed by atoms with E-state index in [2.05, 4.69) is 197 Å². The summed E-state index contributed by atoms with van der Waals surface area (Å²) in [6.45, 7) is 5.08. The number of hydrogen-bond acceptors (Lipinski definition) is 2. The zero-order valence-corrected chi connectivity index (χ0v) is 29.6. The lowest BCUT2D eigenvalue weighted by Crippen LogP contribution is -2.68. The zero-order chi connectivity index (χ0) is 33.8. The standard InChI is InChI=1S/C46H34BN3Si/c1-51(2)41-26-13-12-23-38(41)50-40-25-15-24-39-43(40)47(36-22-14-27-42(51)45(36)50)46-44(48(39)33-18-8-4-9-19-33)35-30-32(31-16-6-3-7-17-31)28-29-37(35)49(46)34-20-10-5-11-21-34/h3-30H,1-2H3. The average Bonchev–Trinajstić information content (AvgIpc) is 3.52. The lowest BCUT2D eigenvalue weighted by molar-refractivity contribution is 1.15. The number of rotatable bonds is 3. The van der Waals surface area contributed by atoms with E-state index in [4.69, 9.17) is 0 Å². The van der Waals surface area contributed by atoms with Crippen molar-refractivity contribution >= 4 is 86.7 Å². The Balaban J connectivity index is 1.32. The molecule has 3 nitrogen and oxygen atoms in total. The van der Waals surface area contributed by atoms with Crippen LogP contribution in [0.3, 0.4) is 0 Å². The van der Waals surface area contributed by atoms with Crippen molar-refractivity contribution < 1.29 is 0 Å². The molecule has 5 heteroatoms. The third kappa shape index (κ3) is 3.84. The summed E-state index contributed by atoms with van der Waals surface area (Å²) in [6, 6.07) is 63.1. The fourth-order valence-corrected chi connectivity index (χ4v) is 12.4. The van der Waals surface area contributed by atoms with Crippen LogP contribution in [0.4, 0.5) is 34.1 Å². The first-order valence-electron chi connectivity index (χ1n) is 17.9. The Bertz CT molecular complexity index is 2680. The van der Waals surface area contributed by atoms with Crippen molar-refractivity contribution in [1.29, 1.82) is 0 Å². The number of benzene rings is 7. The molecular formula is C46H34BN3Si. The molecule has 3 aliphatic rings. The van der Waals surface area contributed by atoms with Gasteiger partial charge in [-0.15, -0.1) is 0 Å². The van der Waals surface area contributed by atoms with Gasteiger partial charge in [0.25, 0.3) is 6.71 Å². The van der Waals surface area contributed by atoms with Gasteiger partial charge in [0.1, 0.15) is 8.07 Å². The molecule has 4 heterocycles.